The predicted octanol–water partition coefficient (Wildman–Crippen LogP) is -0.864. The van der Waals surface area contributed by atoms with Gasteiger partial charge >= 0.3 is 5.97 Å². The van der Waals surface area contributed by atoms with Crippen LogP contribution < -0.4 is 4.74 Å². The second-order valence-electron chi connectivity index (χ2n) is 5.95. The van der Waals surface area contributed by atoms with Crippen LogP contribution in [0.15, 0.2) is 18.2 Å². The van der Waals surface area contributed by atoms with Gasteiger partial charge in [0.15, 0.2) is 0 Å². The molecule has 0 radical (unpaired) electrons. The molecule has 25 heavy (non-hydrogen) atoms. The van der Waals surface area contributed by atoms with Gasteiger partial charge < -0.3 is 39.7 Å². The van der Waals surface area contributed by atoms with Gasteiger partial charge in [0.1, 0.15) is 41.5 Å². The first-order valence-corrected chi connectivity index (χ1v) is 7.75. The molecule has 5 atom stereocenters. The van der Waals surface area contributed by atoms with Gasteiger partial charge in [-0.05, 0) is 26.0 Å². The van der Waals surface area contributed by atoms with Crippen molar-refractivity contribution < 1.29 is 44.5 Å². The zero-order chi connectivity index (χ0) is 18.7. The first kappa shape index (κ1) is 19.4. The van der Waals surface area contributed by atoms with Crippen molar-refractivity contribution in [3.8, 4) is 11.5 Å². The molecule has 0 unspecified atom stereocenters. The normalized spacial score (nSPS) is 29.5. The Morgan fingerprint density at radius 2 is 1.88 bits per heavy atom. The van der Waals surface area contributed by atoms with E-state index in [4.69, 9.17) is 19.3 Å². The van der Waals surface area contributed by atoms with Gasteiger partial charge in [-0.25, -0.2) is 4.79 Å². The van der Waals surface area contributed by atoms with Crippen molar-refractivity contribution in [3.05, 3.63) is 23.8 Å². The van der Waals surface area contributed by atoms with Crippen LogP contribution in [0.1, 0.15) is 24.2 Å². The molecule has 5 N–H and O–H groups in total. The zero-order valence-corrected chi connectivity index (χ0v) is 13.8. The van der Waals surface area contributed by atoms with Crippen molar-refractivity contribution in [2.45, 2.75) is 50.7 Å². The van der Waals surface area contributed by atoms with Crippen LogP contribution in [-0.4, -0.2) is 74.9 Å². The molecule has 0 bridgehead atoms. The Hall–Kier alpha value is -1.91. The lowest BCUT2D eigenvalue weighted by molar-refractivity contribution is -0.277. The number of phenols is 1. The second-order valence-corrected chi connectivity index (χ2v) is 5.95. The molecule has 1 saturated heterocycles. The summed E-state index contributed by atoms with van der Waals surface area (Å²) in [5, 5.41) is 48.4. The molecule has 1 aliphatic heterocycles. The third kappa shape index (κ3) is 4.39. The molecule has 1 aromatic carbocycles. The van der Waals surface area contributed by atoms with Crippen LogP contribution in [0.5, 0.6) is 11.5 Å². The number of hydrogen-bond donors (Lipinski definition) is 5. The van der Waals surface area contributed by atoms with Gasteiger partial charge in [0.05, 0.1) is 12.7 Å². The van der Waals surface area contributed by atoms with E-state index in [2.05, 4.69) is 0 Å². The summed E-state index contributed by atoms with van der Waals surface area (Å²) < 4.78 is 15.5. The van der Waals surface area contributed by atoms with E-state index in [1.807, 2.05) is 0 Å². The summed E-state index contributed by atoms with van der Waals surface area (Å²) in [6.07, 6.45) is -7.51. The standard InChI is InChI=1S/C16H22O9/c1-7(2)23-15(22)9-4-3-8(5-10(9)18)24-16-14(21)13(20)12(19)11(6-17)25-16/h3-5,7,11-14,16-21H,6H2,1-2H3/t11-,12-,13+,14-,16-/m1/s1. The van der Waals surface area contributed by atoms with E-state index in [-0.39, 0.29) is 17.4 Å². The predicted molar refractivity (Wildman–Crippen MR) is 83.1 cm³/mol. The van der Waals surface area contributed by atoms with E-state index >= 15 is 0 Å². The van der Waals surface area contributed by atoms with E-state index in [9.17, 15) is 25.2 Å². The Morgan fingerprint density at radius 3 is 2.44 bits per heavy atom. The summed E-state index contributed by atoms with van der Waals surface area (Å²) in [4.78, 5) is 11.8. The summed E-state index contributed by atoms with van der Waals surface area (Å²) in [5.41, 5.74) is -0.0603. The average molecular weight is 358 g/mol. The molecule has 0 aliphatic carbocycles. The zero-order valence-electron chi connectivity index (χ0n) is 13.8. The molecule has 0 aromatic heterocycles. The maximum Gasteiger partial charge on any atom is 0.342 e. The number of aromatic hydroxyl groups is 1. The lowest BCUT2D eigenvalue weighted by Gasteiger charge is -2.39. The monoisotopic (exact) mass is 358 g/mol. The average Bonchev–Trinajstić information content (AvgIpc) is 2.54. The van der Waals surface area contributed by atoms with Crippen LogP contribution in [0.4, 0.5) is 0 Å². The SMILES string of the molecule is CC(C)OC(=O)c1ccc(O[C@@H]2O[C@H](CO)[C@@H](O)[C@H](O)[C@H]2O)cc1O. The Morgan fingerprint density at radius 1 is 1.20 bits per heavy atom. The van der Waals surface area contributed by atoms with E-state index in [0.717, 1.165) is 6.07 Å². The number of esters is 1. The Labute approximate surface area is 144 Å². The number of hydrogen-bond acceptors (Lipinski definition) is 9. The maximum atomic E-state index is 11.8. The summed E-state index contributed by atoms with van der Waals surface area (Å²) in [7, 11) is 0. The molecule has 1 fully saturated rings. The lowest BCUT2D eigenvalue weighted by Crippen LogP contribution is -2.60. The van der Waals surface area contributed by atoms with Gasteiger partial charge in [0, 0.05) is 6.07 Å². The Balaban J connectivity index is 2.12. The molecule has 2 rings (SSSR count). The van der Waals surface area contributed by atoms with Gasteiger partial charge in [-0.2, -0.15) is 0 Å². The summed E-state index contributed by atoms with van der Waals surface area (Å²) in [6, 6.07) is 3.75. The topological polar surface area (TPSA) is 146 Å². The summed E-state index contributed by atoms with van der Waals surface area (Å²) >= 11 is 0. The van der Waals surface area contributed by atoms with E-state index in [0.29, 0.717) is 0 Å². The number of carbonyl (C=O) groups excluding carboxylic acids is 1. The van der Waals surface area contributed by atoms with Crippen molar-refractivity contribution in [2.24, 2.45) is 0 Å². The molecule has 1 heterocycles. The van der Waals surface area contributed by atoms with Gasteiger partial charge in [-0.1, -0.05) is 0 Å². The van der Waals surface area contributed by atoms with Crippen LogP contribution >= 0.6 is 0 Å². The van der Waals surface area contributed by atoms with Gasteiger partial charge in [-0.3, -0.25) is 0 Å². The first-order chi connectivity index (χ1) is 11.7. The smallest absolute Gasteiger partial charge is 0.342 e. The molecular weight excluding hydrogens is 336 g/mol. The van der Waals surface area contributed by atoms with Crippen LogP contribution in [0.2, 0.25) is 0 Å². The molecule has 0 amide bonds. The van der Waals surface area contributed by atoms with E-state index in [1.54, 1.807) is 13.8 Å². The third-order valence-electron chi connectivity index (χ3n) is 3.63. The summed E-state index contributed by atoms with van der Waals surface area (Å²) in [5.74, 6) is -1.05. The van der Waals surface area contributed by atoms with Crippen LogP contribution in [-0.2, 0) is 9.47 Å². The highest BCUT2D eigenvalue weighted by Crippen LogP contribution is 2.28. The van der Waals surface area contributed by atoms with Gasteiger partial charge in [-0.15, -0.1) is 0 Å². The Kier molecular flexibility index (Phi) is 6.20. The molecule has 9 heteroatoms. The fourth-order valence-corrected chi connectivity index (χ4v) is 2.33. The van der Waals surface area contributed by atoms with Crippen molar-refractivity contribution in [1.29, 1.82) is 0 Å². The van der Waals surface area contributed by atoms with Crippen LogP contribution in [0.3, 0.4) is 0 Å². The highest BCUT2D eigenvalue weighted by Gasteiger charge is 2.44. The number of aliphatic hydroxyl groups is 4. The van der Waals surface area contributed by atoms with Crippen LogP contribution in [0, 0.1) is 0 Å². The molecule has 1 aliphatic rings. The number of ether oxygens (including phenoxy) is 3. The number of rotatable bonds is 5. The van der Waals surface area contributed by atoms with E-state index < -0.39 is 49.0 Å². The van der Waals surface area contributed by atoms with Crippen molar-refractivity contribution >= 4 is 5.97 Å². The van der Waals surface area contributed by atoms with E-state index in [1.165, 1.54) is 12.1 Å². The number of phenolic OH excluding ortho intramolecular Hbond substituents is 1. The fraction of sp³-hybridized carbons (Fsp3) is 0.562. The highest BCUT2D eigenvalue weighted by molar-refractivity contribution is 5.92. The maximum absolute atomic E-state index is 11.8. The minimum Gasteiger partial charge on any atom is -0.507 e. The molecule has 9 nitrogen and oxygen atoms in total. The van der Waals surface area contributed by atoms with Crippen molar-refractivity contribution in [2.75, 3.05) is 6.61 Å². The molecule has 1 aromatic rings. The van der Waals surface area contributed by atoms with Crippen molar-refractivity contribution in [1.82, 2.24) is 0 Å². The molecule has 140 valence electrons. The molecule has 0 spiro atoms. The molecular formula is C16H22O9. The highest BCUT2D eigenvalue weighted by atomic mass is 16.7. The largest absolute Gasteiger partial charge is 0.507 e. The third-order valence-corrected chi connectivity index (χ3v) is 3.63. The molecule has 0 saturated carbocycles. The van der Waals surface area contributed by atoms with Gasteiger partial charge in [0.25, 0.3) is 0 Å². The number of aliphatic hydroxyl groups excluding tert-OH is 4. The minimum absolute atomic E-state index is 0.0444. The fourth-order valence-electron chi connectivity index (χ4n) is 2.33. The summed E-state index contributed by atoms with van der Waals surface area (Å²) in [6.45, 7) is 2.76. The van der Waals surface area contributed by atoms with Crippen molar-refractivity contribution in [3.63, 3.8) is 0 Å². The van der Waals surface area contributed by atoms with Gasteiger partial charge in [0.2, 0.25) is 6.29 Å². The quantitative estimate of drug-likeness (QED) is 0.424. The van der Waals surface area contributed by atoms with Crippen LogP contribution in [0.25, 0.3) is 0 Å². The second kappa shape index (κ2) is 7.98. The lowest BCUT2D eigenvalue weighted by atomic mass is 9.99. The Bertz CT molecular complexity index is 601. The minimum atomic E-state index is -1.58. The number of carbonyl (C=O) groups is 1. The number of benzene rings is 1. The first-order valence-electron chi connectivity index (χ1n) is 7.75.